The minimum atomic E-state index is -0.0115. The quantitative estimate of drug-likeness (QED) is 0.394. The SMILES string of the molecule is O=C=NCC1=CC2CCC1(CN=C=O)C2. The average Bonchev–Trinajstić information content (AvgIpc) is 2.81. The van der Waals surface area contributed by atoms with Gasteiger partial charge in [-0.3, -0.25) is 0 Å². The van der Waals surface area contributed by atoms with Gasteiger partial charge in [-0.1, -0.05) is 6.08 Å². The minimum absolute atomic E-state index is 0.0115. The molecule has 0 aliphatic heterocycles. The van der Waals surface area contributed by atoms with Gasteiger partial charge in [-0.25, -0.2) is 19.6 Å². The molecule has 0 N–H and O–H groups in total. The van der Waals surface area contributed by atoms with Crippen molar-refractivity contribution in [1.82, 2.24) is 0 Å². The number of rotatable bonds is 4. The van der Waals surface area contributed by atoms with Crippen LogP contribution >= 0.6 is 0 Å². The van der Waals surface area contributed by atoms with Crippen LogP contribution in [0.15, 0.2) is 21.6 Å². The number of nitrogens with zero attached hydrogens (tertiary/aromatic N) is 2. The Balaban J connectivity index is 2.18. The Hall–Kier alpha value is -1.50. The van der Waals surface area contributed by atoms with Gasteiger partial charge in [-0.15, -0.1) is 0 Å². The number of isocyanates is 2. The lowest BCUT2D eigenvalue weighted by atomic mass is 9.80. The van der Waals surface area contributed by atoms with Gasteiger partial charge in [-0.2, -0.15) is 0 Å². The van der Waals surface area contributed by atoms with Crippen molar-refractivity contribution >= 4 is 12.2 Å². The molecular weight excluding hydrogens is 192 g/mol. The van der Waals surface area contributed by atoms with E-state index in [4.69, 9.17) is 0 Å². The Labute approximate surface area is 87.8 Å². The molecule has 2 bridgehead atoms. The van der Waals surface area contributed by atoms with E-state index in [1.54, 1.807) is 12.2 Å². The smallest absolute Gasteiger partial charge is 0.211 e. The van der Waals surface area contributed by atoms with Crippen LogP contribution in [0.4, 0.5) is 0 Å². The van der Waals surface area contributed by atoms with E-state index >= 15 is 0 Å². The van der Waals surface area contributed by atoms with Gasteiger partial charge in [-0.05, 0) is 30.8 Å². The lowest BCUT2D eigenvalue weighted by Gasteiger charge is -2.26. The normalized spacial score (nSPS) is 31.7. The van der Waals surface area contributed by atoms with E-state index in [0.29, 0.717) is 19.0 Å². The van der Waals surface area contributed by atoms with Gasteiger partial charge in [0.2, 0.25) is 12.2 Å². The van der Waals surface area contributed by atoms with Crippen LogP contribution in [0.2, 0.25) is 0 Å². The molecule has 0 aromatic rings. The predicted octanol–water partition coefficient (Wildman–Crippen LogP) is 1.38. The summed E-state index contributed by atoms with van der Waals surface area (Å²) in [5, 5.41) is 0. The zero-order chi connectivity index (χ0) is 10.7. The van der Waals surface area contributed by atoms with Crippen LogP contribution in [-0.2, 0) is 9.59 Å². The first-order valence-electron chi connectivity index (χ1n) is 5.09. The molecule has 1 saturated carbocycles. The van der Waals surface area contributed by atoms with Crippen molar-refractivity contribution in [2.75, 3.05) is 13.1 Å². The summed E-state index contributed by atoms with van der Waals surface area (Å²) >= 11 is 0. The Morgan fingerprint density at radius 2 is 2.20 bits per heavy atom. The first kappa shape index (κ1) is 10.0. The highest BCUT2D eigenvalue weighted by molar-refractivity contribution is 5.38. The molecule has 78 valence electrons. The third-order valence-electron chi connectivity index (χ3n) is 3.52. The maximum atomic E-state index is 10.2. The van der Waals surface area contributed by atoms with Gasteiger partial charge >= 0.3 is 0 Å². The summed E-state index contributed by atoms with van der Waals surface area (Å²) in [6, 6.07) is 0. The number of aliphatic imine (C=N–C) groups is 2. The van der Waals surface area contributed by atoms with Crippen LogP contribution < -0.4 is 0 Å². The molecule has 0 heterocycles. The lowest BCUT2D eigenvalue weighted by molar-refractivity contribution is 0.385. The number of allylic oxidation sites excluding steroid dienone is 1. The molecule has 2 aliphatic carbocycles. The van der Waals surface area contributed by atoms with Crippen molar-refractivity contribution in [2.24, 2.45) is 21.3 Å². The van der Waals surface area contributed by atoms with Crippen LogP contribution in [0.25, 0.3) is 0 Å². The molecular formula is C11H12N2O2. The number of hydrogen-bond acceptors (Lipinski definition) is 4. The van der Waals surface area contributed by atoms with Crippen LogP contribution in [0.3, 0.4) is 0 Å². The summed E-state index contributed by atoms with van der Waals surface area (Å²) < 4.78 is 0. The summed E-state index contributed by atoms with van der Waals surface area (Å²) in [7, 11) is 0. The highest BCUT2D eigenvalue weighted by atomic mass is 16.1. The molecule has 0 aromatic carbocycles. The van der Waals surface area contributed by atoms with Gasteiger partial charge in [0.05, 0.1) is 13.1 Å². The second kappa shape index (κ2) is 3.93. The zero-order valence-electron chi connectivity index (χ0n) is 8.40. The van der Waals surface area contributed by atoms with Crippen LogP contribution in [0.5, 0.6) is 0 Å². The number of fused-ring (bicyclic) bond motifs is 2. The van der Waals surface area contributed by atoms with E-state index < -0.39 is 0 Å². The van der Waals surface area contributed by atoms with Crippen molar-refractivity contribution in [3.05, 3.63) is 11.6 Å². The molecule has 0 spiro atoms. The van der Waals surface area contributed by atoms with Crippen LogP contribution in [0, 0.1) is 11.3 Å². The Bertz CT molecular complexity index is 389. The van der Waals surface area contributed by atoms with E-state index in [0.717, 1.165) is 24.8 Å². The minimum Gasteiger partial charge on any atom is -0.211 e. The molecule has 2 atom stereocenters. The monoisotopic (exact) mass is 204 g/mol. The zero-order valence-corrected chi connectivity index (χ0v) is 8.40. The van der Waals surface area contributed by atoms with E-state index in [2.05, 4.69) is 16.1 Å². The van der Waals surface area contributed by atoms with Crippen molar-refractivity contribution in [3.63, 3.8) is 0 Å². The van der Waals surface area contributed by atoms with Gasteiger partial charge < -0.3 is 0 Å². The van der Waals surface area contributed by atoms with Gasteiger partial charge in [0.15, 0.2) is 0 Å². The molecule has 0 amide bonds. The van der Waals surface area contributed by atoms with Crippen LogP contribution in [0.1, 0.15) is 19.3 Å². The van der Waals surface area contributed by atoms with Crippen molar-refractivity contribution in [2.45, 2.75) is 19.3 Å². The van der Waals surface area contributed by atoms with Crippen molar-refractivity contribution < 1.29 is 9.59 Å². The largest absolute Gasteiger partial charge is 0.235 e. The summed E-state index contributed by atoms with van der Waals surface area (Å²) in [6.07, 6.45) is 8.57. The summed E-state index contributed by atoms with van der Waals surface area (Å²) in [5.41, 5.74) is 1.14. The fraction of sp³-hybridized carbons (Fsp3) is 0.636. The van der Waals surface area contributed by atoms with E-state index in [1.165, 1.54) is 0 Å². The first-order chi connectivity index (χ1) is 7.30. The number of hydrogen-bond donors (Lipinski definition) is 0. The molecule has 0 saturated heterocycles. The van der Waals surface area contributed by atoms with Crippen LogP contribution in [-0.4, -0.2) is 25.2 Å². The maximum absolute atomic E-state index is 10.2. The molecule has 2 unspecified atom stereocenters. The third-order valence-corrected chi connectivity index (χ3v) is 3.52. The number of carbonyl (C=O) groups excluding carboxylic acids is 2. The lowest BCUT2D eigenvalue weighted by Crippen LogP contribution is -2.23. The summed E-state index contributed by atoms with van der Waals surface area (Å²) in [4.78, 5) is 27.5. The topological polar surface area (TPSA) is 58.9 Å². The molecule has 0 radical (unpaired) electrons. The fourth-order valence-corrected chi connectivity index (χ4v) is 2.83. The summed E-state index contributed by atoms with van der Waals surface area (Å²) in [5.74, 6) is 0.587. The third kappa shape index (κ3) is 1.70. The van der Waals surface area contributed by atoms with Crippen molar-refractivity contribution in [1.29, 1.82) is 0 Å². The second-order valence-electron chi connectivity index (χ2n) is 4.29. The molecule has 1 fully saturated rings. The van der Waals surface area contributed by atoms with E-state index in [-0.39, 0.29) is 5.41 Å². The molecule has 15 heavy (non-hydrogen) atoms. The molecule has 4 heteroatoms. The molecule has 0 aromatic heterocycles. The fourth-order valence-electron chi connectivity index (χ4n) is 2.83. The van der Waals surface area contributed by atoms with Gasteiger partial charge in [0, 0.05) is 5.41 Å². The average molecular weight is 204 g/mol. The van der Waals surface area contributed by atoms with Crippen molar-refractivity contribution in [3.8, 4) is 0 Å². The first-order valence-corrected chi connectivity index (χ1v) is 5.09. The molecule has 4 nitrogen and oxygen atoms in total. The Morgan fingerprint density at radius 3 is 2.87 bits per heavy atom. The molecule has 2 rings (SSSR count). The summed E-state index contributed by atoms with van der Waals surface area (Å²) in [6.45, 7) is 0.904. The Morgan fingerprint density at radius 1 is 1.40 bits per heavy atom. The van der Waals surface area contributed by atoms with Gasteiger partial charge in [0.25, 0.3) is 0 Å². The maximum Gasteiger partial charge on any atom is 0.235 e. The van der Waals surface area contributed by atoms with Gasteiger partial charge in [0.1, 0.15) is 0 Å². The van der Waals surface area contributed by atoms with E-state index in [1.807, 2.05) is 0 Å². The molecule has 2 aliphatic rings. The highest BCUT2D eigenvalue weighted by Crippen LogP contribution is 2.53. The second-order valence-corrected chi connectivity index (χ2v) is 4.29. The highest BCUT2D eigenvalue weighted by Gasteiger charge is 2.46. The van der Waals surface area contributed by atoms with E-state index in [9.17, 15) is 9.59 Å². The standard InChI is InChI=1S/C11H12N2O2/c14-7-12-5-10-3-9-1-2-11(10,4-9)6-13-8-15/h3,9H,1-2,4-6H2. The predicted molar refractivity (Wildman–Crippen MR) is 53.8 cm³/mol. The Kier molecular flexibility index (Phi) is 2.63.